The summed E-state index contributed by atoms with van der Waals surface area (Å²) in [5.74, 6) is 1.08. The van der Waals surface area contributed by atoms with Gasteiger partial charge >= 0.3 is 0 Å². The van der Waals surface area contributed by atoms with Gasteiger partial charge in [0.05, 0.1) is 5.75 Å². The number of thioether (sulfide) groups is 1. The third-order valence-electron chi connectivity index (χ3n) is 2.80. The number of halogens is 1. The molecule has 0 aliphatic carbocycles. The molecule has 0 aliphatic rings. The first kappa shape index (κ1) is 14.5. The number of benzene rings is 1. The lowest BCUT2D eigenvalue weighted by Crippen LogP contribution is -1.95. The Hall–Kier alpha value is -2.48. The molecule has 0 bridgehead atoms. The van der Waals surface area contributed by atoms with E-state index < -0.39 is 0 Å². The van der Waals surface area contributed by atoms with Crippen LogP contribution >= 0.6 is 11.8 Å². The van der Waals surface area contributed by atoms with Gasteiger partial charge in [0.25, 0.3) is 0 Å². The molecule has 0 aliphatic heterocycles. The van der Waals surface area contributed by atoms with E-state index in [9.17, 15) is 4.39 Å². The summed E-state index contributed by atoms with van der Waals surface area (Å²) in [6.07, 6.45) is 3.41. The Labute approximate surface area is 130 Å². The Kier molecular flexibility index (Phi) is 4.29. The molecule has 0 fully saturated rings. The van der Waals surface area contributed by atoms with Crippen LogP contribution in [0.15, 0.2) is 52.9 Å². The van der Waals surface area contributed by atoms with Crippen LogP contribution in [0.25, 0.3) is 11.4 Å². The molecule has 0 spiro atoms. The van der Waals surface area contributed by atoms with E-state index in [2.05, 4.69) is 26.9 Å². The lowest BCUT2D eigenvalue weighted by Gasteiger charge is -2.00. The first-order valence-corrected chi connectivity index (χ1v) is 7.45. The van der Waals surface area contributed by atoms with Crippen molar-refractivity contribution in [2.75, 3.05) is 0 Å². The second kappa shape index (κ2) is 6.52. The molecule has 0 saturated heterocycles. The summed E-state index contributed by atoms with van der Waals surface area (Å²) in [5.41, 5.74) is 0.705. The summed E-state index contributed by atoms with van der Waals surface area (Å²) in [6.45, 7) is 4.32. The molecule has 0 atom stereocenters. The molecule has 2 heterocycles. The standard InChI is InChI=1S/C14H12FN5OS/c1-2-7-20-9-16-18-14(20)22-8-12-17-13(19-21-12)10-3-5-11(15)6-4-10/h2-6,9H,1,7-8H2. The molecule has 3 rings (SSSR count). The zero-order chi connectivity index (χ0) is 15.4. The van der Waals surface area contributed by atoms with E-state index in [0.29, 0.717) is 29.6 Å². The summed E-state index contributed by atoms with van der Waals surface area (Å²) in [4.78, 5) is 4.29. The van der Waals surface area contributed by atoms with E-state index in [1.165, 1.54) is 23.9 Å². The largest absolute Gasteiger partial charge is 0.338 e. The van der Waals surface area contributed by atoms with E-state index in [4.69, 9.17) is 4.52 Å². The Bertz CT molecular complexity index is 768. The van der Waals surface area contributed by atoms with Gasteiger partial charge in [0.15, 0.2) is 5.16 Å². The lowest BCUT2D eigenvalue weighted by molar-refractivity contribution is 0.391. The van der Waals surface area contributed by atoms with E-state index in [0.717, 1.165) is 5.16 Å². The van der Waals surface area contributed by atoms with Gasteiger partial charge in [-0.2, -0.15) is 4.98 Å². The van der Waals surface area contributed by atoms with Gasteiger partial charge in [-0.25, -0.2) is 4.39 Å². The van der Waals surface area contributed by atoms with Crippen LogP contribution in [0, 0.1) is 5.82 Å². The minimum atomic E-state index is -0.301. The quantitative estimate of drug-likeness (QED) is 0.514. The Morgan fingerprint density at radius 1 is 1.32 bits per heavy atom. The summed E-state index contributed by atoms with van der Waals surface area (Å²) < 4.78 is 20.0. The van der Waals surface area contributed by atoms with Crippen molar-refractivity contribution in [3.05, 3.63) is 55.0 Å². The molecule has 112 valence electrons. The molecular weight excluding hydrogens is 305 g/mol. The normalized spacial score (nSPS) is 10.8. The van der Waals surface area contributed by atoms with Gasteiger partial charge in [-0.3, -0.25) is 0 Å². The Morgan fingerprint density at radius 2 is 2.14 bits per heavy atom. The lowest BCUT2D eigenvalue weighted by atomic mass is 10.2. The maximum atomic E-state index is 12.9. The van der Waals surface area contributed by atoms with Gasteiger partial charge in [0, 0.05) is 12.1 Å². The molecule has 0 saturated carbocycles. The van der Waals surface area contributed by atoms with Crippen molar-refractivity contribution >= 4 is 11.8 Å². The summed E-state index contributed by atoms with van der Waals surface area (Å²) in [5, 5.41) is 12.5. The van der Waals surface area contributed by atoms with Crippen LogP contribution in [-0.2, 0) is 12.3 Å². The highest BCUT2D eigenvalue weighted by molar-refractivity contribution is 7.98. The predicted octanol–water partition coefficient (Wildman–Crippen LogP) is 2.95. The zero-order valence-electron chi connectivity index (χ0n) is 11.5. The van der Waals surface area contributed by atoms with Crippen LogP contribution in [-0.4, -0.2) is 24.9 Å². The van der Waals surface area contributed by atoms with Crippen molar-refractivity contribution in [1.82, 2.24) is 24.9 Å². The van der Waals surface area contributed by atoms with E-state index in [1.807, 2.05) is 4.57 Å². The number of rotatable bonds is 6. The zero-order valence-corrected chi connectivity index (χ0v) is 12.3. The number of hydrogen-bond acceptors (Lipinski definition) is 6. The van der Waals surface area contributed by atoms with Crippen molar-refractivity contribution < 1.29 is 8.91 Å². The minimum absolute atomic E-state index is 0.301. The maximum absolute atomic E-state index is 12.9. The van der Waals surface area contributed by atoms with Crippen LogP contribution in [0.3, 0.4) is 0 Å². The molecule has 2 aromatic heterocycles. The molecule has 3 aromatic rings. The molecule has 0 amide bonds. The Morgan fingerprint density at radius 3 is 2.91 bits per heavy atom. The van der Waals surface area contributed by atoms with Gasteiger partial charge in [-0.05, 0) is 24.3 Å². The fourth-order valence-corrected chi connectivity index (χ4v) is 2.54. The average Bonchev–Trinajstić information content (AvgIpc) is 3.16. The highest BCUT2D eigenvalue weighted by Gasteiger charge is 2.11. The first-order valence-electron chi connectivity index (χ1n) is 6.46. The van der Waals surface area contributed by atoms with Crippen molar-refractivity contribution in [1.29, 1.82) is 0 Å². The molecular formula is C14H12FN5OS. The van der Waals surface area contributed by atoms with E-state index >= 15 is 0 Å². The fraction of sp³-hybridized carbons (Fsp3) is 0.143. The molecule has 0 N–H and O–H groups in total. The fourth-order valence-electron chi connectivity index (χ4n) is 1.78. The van der Waals surface area contributed by atoms with Crippen molar-refractivity contribution in [2.24, 2.45) is 0 Å². The Balaban J connectivity index is 1.68. The number of aromatic nitrogens is 5. The molecule has 6 nitrogen and oxygen atoms in total. The average molecular weight is 317 g/mol. The number of hydrogen-bond donors (Lipinski definition) is 0. The van der Waals surface area contributed by atoms with Crippen LogP contribution in [0.5, 0.6) is 0 Å². The topological polar surface area (TPSA) is 69.6 Å². The molecule has 1 aromatic carbocycles. The summed E-state index contributed by atoms with van der Waals surface area (Å²) in [7, 11) is 0. The minimum Gasteiger partial charge on any atom is -0.338 e. The predicted molar refractivity (Wildman–Crippen MR) is 79.5 cm³/mol. The van der Waals surface area contributed by atoms with E-state index in [-0.39, 0.29) is 5.82 Å². The molecule has 8 heteroatoms. The van der Waals surface area contributed by atoms with Crippen LogP contribution < -0.4 is 0 Å². The number of nitrogens with zero attached hydrogens (tertiary/aromatic N) is 5. The highest BCUT2D eigenvalue weighted by Crippen LogP contribution is 2.22. The SMILES string of the molecule is C=CCn1cnnc1SCc1nc(-c2ccc(F)cc2)no1. The summed E-state index contributed by atoms with van der Waals surface area (Å²) >= 11 is 1.44. The third kappa shape index (κ3) is 3.22. The second-order valence-corrected chi connectivity index (χ2v) is 5.30. The van der Waals surface area contributed by atoms with Gasteiger partial charge in [0.2, 0.25) is 11.7 Å². The van der Waals surface area contributed by atoms with Crippen LogP contribution in [0.2, 0.25) is 0 Å². The van der Waals surface area contributed by atoms with Gasteiger partial charge in [0.1, 0.15) is 12.1 Å². The van der Waals surface area contributed by atoms with Gasteiger partial charge < -0.3 is 9.09 Å². The van der Waals surface area contributed by atoms with Crippen molar-refractivity contribution in [3.63, 3.8) is 0 Å². The van der Waals surface area contributed by atoms with Crippen molar-refractivity contribution in [3.8, 4) is 11.4 Å². The van der Waals surface area contributed by atoms with Crippen molar-refractivity contribution in [2.45, 2.75) is 17.5 Å². The number of allylic oxidation sites excluding steroid dienone is 1. The molecule has 0 unspecified atom stereocenters. The highest BCUT2D eigenvalue weighted by atomic mass is 32.2. The molecule has 0 radical (unpaired) electrons. The van der Waals surface area contributed by atoms with E-state index in [1.54, 1.807) is 24.5 Å². The van der Waals surface area contributed by atoms with Gasteiger partial charge in [-0.15, -0.1) is 16.8 Å². The third-order valence-corrected chi connectivity index (χ3v) is 3.77. The summed E-state index contributed by atoms with van der Waals surface area (Å²) in [6, 6.07) is 5.94. The van der Waals surface area contributed by atoms with Gasteiger partial charge in [-0.1, -0.05) is 23.0 Å². The van der Waals surface area contributed by atoms with Crippen LogP contribution in [0.4, 0.5) is 4.39 Å². The maximum Gasteiger partial charge on any atom is 0.237 e. The smallest absolute Gasteiger partial charge is 0.237 e. The monoisotopic (exact) mass is 317 g/mol. The molecule has 22 heavy (non-hydrogen) atoms. The second-order valence-electron chi connectivity index (χ2n) is 4.36. The van der Waals surface area contributed by atoms with Crippen LogP contribution in [0.1, 0.15) is 5.89 Å². The first-order chi connectivity index (χ1) is 10.8.